The quantitative estimate of drug-likeness (QED) is 0.724. The van der Waals surface area contributed by atoms with Crippen molar-refractivity contribution in [3.05, 3.63) is 82.2 Å². The lowest BCUT2D eigenvalue weighted by Crippen LogP contribution is -2.01. The maximum atomic E-state index is 13.9. The summed E-state index contributed by atoms with van der Waals surface area (Å²) < 4.78 is 28.6. The van der Waals surface area contributed by atoms with Crippen LogP contribution in [0.25, 0.3) is 5.69 Å². The van der Waals surface area contributed by atoms with Crippen LogP contribution in [0, 0.1) is 36.8 Å². The van der Waals surface area contributed by atoms with E-state index >= 15 is 0 Å². The third-order valence-corrected chi connectivity index (χ3v) is 4.05. The normalized spacial score (nSPS) is 10.6. The van der Waals surface area contributed by atoms with Crippen molar-refractivity contribution in [2.24, 2.45) is 0 Å². The zero-order valence-corrected chi connectivity index (χ0v) is 13.3. The van der Waals surface area contributed by atoms with E-state index in [1.165, 1.54) is 24.3 Å². The molecule has 0 amide bonds. The van der Waals surface area contributed by atoms with Gasteiger partial charge in [-0.1, -0.05) is 12.1 Å². The molecule has 0 fully saturated rings. The lowest BCUT2D eigenvalue weighted by atomic mass is 10.0. The third kappa shape index (κ3) is 2.91. The minimum Gasteiger partial charge on any atom is -0.237 e. The molecule has 0 N–H and O–H groups in total. The van der Waals surface area contributed by atoms with Gasteiger partial charge in [-0.2, -0.15) is 10.4 Å². The highest BCUT2D eigenvalue weighted by atomic mass is 19.1. The van der Waals surface area contributed by atoms with E-state index in [9.17, 15) is 8.78 Å². The van der Waals surface area contributed by atoms with Crippen molar-refractivity contribution >= 4 is 0 Å². The Kier molecular flexibility index (Phi) is 4.13. The zero-order chi connectivity index (χ0) is 17.3. The molecule has 3 rings (SSSR count). The van der Waals surface area contributed by atoms with Crippen molar-refractivity contribution < 1.29 is 8.78 Å². The average Bonchev–Trinajstić information content (AvgIpc) is 2.85. The second kappa shape index (κ2) is 6.25. The second-order valence-electron chi connectivity index (χ2n) is 5.64. The van der Waals surface area contributed by atoms with E-state index in [2.05, 4.69) is 5.10 Å². The van der Waals surface area contributed by atoms with Crippen LogP contribution in [0.1, 0.15) is 28.1 Å². The SMILES string of the molecule is Cc1nn(-c2ccc(C#N)c(F)c2)c(C)c1Cc1ccc(F)cc1. The highest BCUT2D eigenvalue weighted by Gasteiger charge is 2.14. The Morgan fingerprint density at radius 1 is 1.08 bits per heavy atom. The van der Waals surface area contributed by atoms with E-state index in [1.54, 1.807) is 22.9 Å². The summed E-state index contributed by atoms with van der Waals surface area (Å²) in [6.45, 7) is 3.80. The lowest BCUT2D eigenvalue weighted by Gasteiger charge is -2.07. The Bertz CT molecular complexity index is 934. The minimum atomic E-state index is -0.567. The molecule has 1 heterocycles. The lowest BCUT2D eigenvalue weighted by molar-refractivity contribution is 0.621. The van der Waals surface area contributed by atoms with Gasteiger partial charge in [-0.25, -0.2) is 13.5 Å². The summed E-state index contributed by atoms with van der Waals surface area (Å²) in [4.78, 5) is 0. The van der Waals surface area contributed by atoms with Crippen molar-refractivity contribution in [1.82, 2.24) is 9.78 Å². The molecule has 0 aliphatic carbocycles. The molecule has 0 atom stereocenters. The van der Waals surface area contributed by atoms with Crippen molar-refractivity contribution in [3.63, 3.8) is 0 Å². The molecule has 0 aliphatic heterocycles. The number of rotatable bonds is 3. The summed E-state index contributed by atoms with van der Waals surface area (Å²) in [6.07, 6.45) is 0.622. The van der Waals surface area contributed by atoms with E-state index in [0.29, 0.717) is 12.1 Å². The highest BCUT2D eigenvalue weighted by Crippen LogP contribution is 2.22. The molecule has 120 valence electrons. The Labute approximate surface area is 138 Å². The Morgan fingerprint density at radius 2 is 1.79 bits per heavy atom. The van der Waals surface area contributed by atoms with Crippen molar-refractivity contribution in [3.8, 4) is 11.8 Å². The molecular weight excluding hydrogens is 308 g/mol. The molecule has 0 bridgehead atoms. The van der Waals surface area contributed by atoms with Gasteiger partial charge >= 0.3 is 0 Å². The van der Waals surface area contributed by atoms with E-state index in [0.717, 1.165) is 22.5 Å². The molecule has 0 saturated heterocycles. The van der Waals surface area contributed by atoms with Crippen LogP contribution in [0.15, 0.2) is 42.5 Å². The minimum absolute atomic E-state index is 0.00631. The van der Waals surface area contributed by atoms with Crippen LogP contribution in [0.2, 0.25) is 0 Å². The summed E-state index contributed by atoms with van der Waals surface area (Å²) in [5, 5.41) is 13.3. The first kappa shape index (κ1) is 15.9. The molecule has 2 aromatic carbocycles. The molecule has 0 radical (unpaired) electrons. The molecule has 3 aromatic rings. The number of halogens is 2. The van der Waals surface area contributed by atoms with Gasteiger partial charge in [0.15, 0.2) is 0 Å². The Morgan fingerprint density at radius 3 is 2.42 bits per heavy atom. The molecule has 0 aliphatic rings. The van der Waals surface area contributed by atoms with E-state index in [1.807, 2.05) is 19.9 Å². The van der Waals surface area contributed by atoms with Crippen LogP contribution >= 0.6 is 0 Å². The summed E-state index contributed by atoms with van der Waals surface area (Å²) in [5.74, 6) is -0.835. The van der Waals surface area contributed by atoms with E-state index < -0.39 is 5.82 Å². The number of aromatic nitrogens is 2. The summed E-state index contributed by atoms with van der Waals surface area (Å²) in [7, 11) is 0. The molecule has 1 aromatic heterocycles. The van der Waals surface area contributed by atoms with Crippen LogP contribution in [-0.2, 0) is 6.42 Å². The molecular formula is C19H15F2N3. The van der Waals surface area contributed by atoms with Gasteiger partial charge in [0.2, 0.25) is 0 Å². The smallest absolute Gasteiger partial charge is 0.143 e. The van der Waals surface area contributed by atoms with Gasteiger partial charge in [0.1, 0.15) is 17.7 Å². The number of hydrogen-bond acceptors (Lipinski definition) is 2. The summed E-state index contributed by atoms with van der Waals surface area (Å²) in [6, 6.07) is 12.6. The summed E-state index contributed by atoms with van der Waals surface area (Å²) in [5.41, 5.74) is 4.30. The van der Waals surface area contributed by atoms with Crippen LogP contribution < -0.4 is 0 Å². The van der Waals surface area contributed by atoms with Crippen molar-refractivity contribution in [2.75, 3.05) is 0 Å². The van der Waals surface area contributed by atoms with Gasteiger partial charge in [0.25, 0.3) is 0 Å². The van der Waals surface area contributed by atoms with Crippen molar-refractivity contribution in [2.45, 2.75) is 20.3 Å². The number of hydrogen-bond donors (Lipinski definition) is 0. The van der Waals surface area contributed by atoms with Crippen LogP contribution in [0.4, 0.5) is 8.78 Å². The van der Waals surface area contributed by atoms with Gasteiger partial charge in [-0.05, 0) is 43.7 Å². The van der Waals surface area contributed by atoms with Crippen molar-refractivity contribution in [1.29, 1.82) is 5.26 Å². The first-order chi connectivity index (χ1) is 11.5. The van der Waals surface area contributed by atoms with Crippen LogP contribution in [0.3, 0.4) is 0 Å². The largest absolute Gasteiger partial charge is 0.237 e. The van der Waals surface area contributed by atoms with E-state index in [-0.39, 0.29) is 11.4 Å². The molecule has 0 saturated carbocycles. The molecule has 24 heavy (non-hydrogen) atoms. The van der Waals surface area contributed by atoms with Gasteiger partial charge in [0.05, 0.1) is 16.9 Å². The average molecular weight is 323 g/mol. The Hall–Kier alpha value is -3.00. The second-order valence-corrected chi connectivity index (χ2v) is 5.64. The predicted octanol–water partition coefficient (Wildman–Crippen LogP) is 4.23. The number of nitrogens with zero attached hydrogens (tertiary/aromatic N) is 3. The molecule has 3 nitrogen and oxygen atoms in total. The first-order valence-corrected chi connectivity index (χ1v) is 7.49. The number of aryl methyl sites for hydroxylation is 1. The maximum absolute atomic E-state index is 13.9. The molecule has 0 spiro atoms. The van der Waals surface area contributed by atoms with Gasteiger partial charge in [-0.3, -0.25) is 0 Å². The highest BCUT2D eigenvalue weighted by molar-refractivity contribution is 5.43. The fraction of sp³-hybridized carbons (Fsp3) is 0.158. The molecule has 0 unspecified atom stereocenters. The van der Waals surface area contributed by atoms with Crippen LogP contribution in [0.5, 0.6) is 0 Å². The maximum Gasteiger partial charge on any atom is 0.143 e. The first-order valence-electron chi connectivity index (χ1n) is 7.49. The van der Waals surface area contributed by atoms with Gasteiger partial charge in [-0.15, -0.1) is 0 Å². The summed E-state index contributed by atoms with van der Waals surface area (Å²) >= 11 is 0. The Balaban J connectivity index is 1.99. The zero-order valence-electron chi connectivity index (χ0n) is 13.3. The standard InChI is InChI=1S/C19H15F2N3/c1-12-18(9-14-3-6-16(20)7-4-14)13(2)24(23-12)17-8-5-15(11-22)19(21)10-17/h3-8,10H,9H2,1-2H3. The van der Waals surface area contributed by atoms with Gasteiger partial charge in [0, 0.05) is 23.7 Å². The van der Waals surface area contributed by atoms with Crippen LogP contribution in [-0.4, -0.2) is 9.78 Å². The van der Waals surface area contributed by atoms with Gasteiger partial charge < -0.3 is 0 Å². The molecule has 5 heteroatoms. The third-order valence-electron chi connectivity index (χ3n) is 4.05. The fourth-order valence-electron chi connectivity index (χ4n) is 2.72. The fourth-order valence-corrected chi connectivity index (χ4v) is 2.72. The predicted molar refractivity (Wildman–Crippen MR) is 86.9 cm³/mol. The monoisotopic (exact) mass is 323 g/mol. The topological polar surface area (TPSA) is 41.6 Å². The number of benzene rings is 2. The number of nitriles is 1. The van der Waals surface area contributed by atoms with E-state index in [4.69, 9.17) is 5.26 Å².